The van der Waals surface area contributed by atoms with Gasteiger partial charge >= 0.3 is 6.09 Å². The van der Waals surface area contributed by atoms with E-state index in [1.165, 1.54) is 0 Å². The van der Waals surface area contributed by atoms with E-state index in [2.05, 4.69) is 10.6 Å². The summed E-state index contributed by atoms with van der Waals surface area (Å²) in [7, 11) is 0. The molecule has 0 aliphatic heterocycles. The lowest BCUT2D eigenvalue weighted by molar-refractivity contribution is 0.102. The van der Waals surface area contributed by atoms with Crippen molar-refractivity contribution in [3.05, 3.63) is 59.7 Å². The van der Waals surface area contributed by atoms with Gasteiger partial charge < -0.3 is 21.1 Å². The van der Waals surface area contributed by atoms with E-state index >= 15 is 0 Å². The molecule has 0 spiro atoms. The molecule has 23 heavy (non-hydrogen) atoms. The number of anilines is 2. The van der Waals surface area contributed by atoms with Crippen LogP contribution in [0.25, 0.3) is 0 Å². The second-order valence-electron chi connectivity index (χ2n) is 4.81. The fourth-order valence-corrected chi connectivity index (χ4v) is 1.94. The van der Waals surface area contributed by atoms with Gasteiger partial charge in [-0.25, -0.2) is 4.79 Å². The molecule has 0 fully saturated rings. The summed E-state index contributed by atoms with van der Waals surface area (Å²) in [5.41, 5.74) is 8.26. The van der Waals surface area contributed by atoms with E-state index in [1.807, 2.05) is 0 Å². The Balaban J connectivity index is 1.95. The minimum atomic E-state index is -0.464. The molecule has 2 aromatic rings. The number of hydrogen-bond acceptors (Lipinski definition) is 4. The molecule has 0 saturated heterocycles. The predicted molar refractivity (Wildman–Crippen MR) is 89.1 cm³/mol. The molecule has 0 heterocycles. The van der Waals surface area contributed by atoms with Crippen molar-refractivity contribution >= 4 is 23.4 Å². The molecule has 4 N–H and O–H groups in total. The third-order valence-electron chi connectivity index (χ3n) is 3.14. The standard InChI is InChI=1S/C17H19N3O3/c1-2-23-17(22)19-11-12-7-9-13(10-8-12)16(21)20-15-6-4-3-5-14(15)18/h3-10H,2,11,18H2,1H3,(H,19,22)(H,20,21). The third-order valence-corrected chi connectivity index (χ3v) is 3.14. The maximum Gasteiger partial charge on any atom is 0.407 e. The molecule has 0 saturated carbocycles. The number of nitrogens with one attached hydrogen (secondary N) is 2. The summed E-state index contributed by atoms with van der Waals surface area (Å²) in [5.74, 6) is -0.243. The maximum absolute atomic E-state index is 12.2. The van der Waals surface area contributed by atoms with Crippen LogP contribution in [-0.2, 0) is 11.3 Å². The van der Waals surface area contributed by atoms with Crippen LogP contribution in [0.2, 0.25) is 0 Å². The Morgan fingerprint density at radius 1 is 1.09 bits per heavy atom. The third kappa shape index (κ3) is 4.74. The number of ether oxygens (including phenoxy) is 1. The smallest absolute Gasteiger partial charge is 0.407 e. The Kier molecular flexibility index (Phi) is 5.57. The summed E-state index contributed by atoms with van der Waals surface area (Å²) in [4.78, 5) is 23.4. The van der Waals surface area contributed by atoms with Gasteiger partial charge in [0.25, 0.3) is 5.91 Å². The fraction of sp³-hybridized carbons (Fsp3) is 0.176. The van der Waals surface area contributed by atoms with Gasteiger partial charge in [-0.2, -0.15) is 0 Å². The monoisotopic (exact) mass is 313 g/mol. The van der Waals surface area contributed by atoms with Gasteiger partial charge in [0.1, 0.15) is 0 Å². The van der Waals surface area contributed by atoms with Crippen LogP contribution in [0, 0.1) is 0 Å². The number of carbonyl (C=O) groups is 2. The van der Waals surface area contributed by atoms with Gasteiger partial charge in [0.05, 0.1) is 18.0 Å². The fourth-order valence-electron chi connectivity index (χ4n) is 1.94. The van der Waals surface area contributed by atoms with Crippen molar-refractivity contribution in [3.8, 4) is 0 Å². The van der Waals surface area contributed by atoms with Gasteiger partial charge in [-0.3, -0.25) is 4.79 Å². The van der Waals surface area contributed by atoms with E-state index in [-0.39, 0.29) is 5.91 Å². The van der Waals surface area contributed by atoms with Crippen molar-refractivity contribution in [1.29, 1.82) is 0 Å². The molecule has 6 heteroatoms. The first-order valence-electron chi connectivity index (χ1n) is 7.25. The van der Waals surface area contributed by atoms with Gasteiger partial charge in [0, 0.05) is 12.1 Å². The summed E-state index contributed by atoms with van der Waals surface area (Å²) < 4.78 is 4.78. The van der Waals surface area contributed by atoms with E-state index in [0.29, 0.717) is 30.1 Å². The lowest BCUT2D eigenvalue weighted by Gasteiger charge is -2.09. The summed E-state index contributed by atoms with van der Waals surface area (Å²) in [6.45, 7) is 2.41. The topological polar surface area (TPSA) is 93.4 Å². The molecular weight excluding hydrogens is 294 g/mol. The molecule has 0 bridgehead atoms. The second kappa shape index (κ2) is 7.84. The Hall–Kier alpha value is -3.02. The number of amides is 2. The minimum absolute atomic E-state index is 0.243. The normalized spacial score (nSPS) is 9.96. The highest BCUT2D eigenvalue weighted by Crippen LogP contribution is 2.18. The summed E-state index contributed by atoms with van der Waals surface area (Å²) >= 11 is 0. The zero-order valence-electron chi connectivity index (χ0n) is 12.8. The van der Waals surface area contributed by atoms with Crippen LogP contribution >= 0.6 is 0 Å². The molecule has 0 unspecified atom stereocenters. The highest BCUT2D eigenvalue weighted by atomic mass is 16.5. The largest absolute Gasteiger partial charge is 0.450 e. The van der Waals surface area contributed by atoms with E-state index in [9.17, 15) is 9.59 Å². The molecule has 2 rings (SSSR count). The average Bonchev–Trinajstić information content (AvgIpc) is 2.56. The van der Waals surface area contributed by atoms with Crippen molar-refractivity contribution in [1.82, 2.24) is 5.32 Å². The second-order valence-corrected chi connectivity index (χ2v) is 4.81. The van der Waals surface area contributed by atoms with E-state index in [4.69, 9.17) is 10.5 Å². The van der Waals surface area contributed by atoms with Crippen molar-refractivity contribution in [3.63, 3.8) is 0 Å². The molecule has 2 aromatic carbocycles. The predicted octanol–water partition coefficient (Wildman–Crippen LogP) is 2.77. The maximum atomic E-state index is 12.2. The number of rotatable bonds is 5. The first-order chi connectivity index (χ1) is 11.1. The number of nitrogen functional groups attached to an aromatic ring is 1. The van der Waals surface area contributed by atoms with Gasteiger partial charge in [-0.05, 0) is 36.8 Å². The van der Waals surface area contributed by atoms with E-state index in [1.54, 1.807) is 55.5 Å². The SMILES string of the molecule is CCOC(=O)NCc1ccc(C(=O)Nc2ccccc2N)cc1. The Bertz CT molecular complexity index is 684. The number of benzene rings is 2. The summed E-state index contributed by atoms with van der Waals surface area (Å²) in [5, 5.41) is 5.38. The quantitative estimate of drug-likeness (QED) is 0.740. The zero-order chi connectivity index (χ0) is 16.7. The van der Waals surface area contributed by atoms with Crippen LogP contribution in [0.4, 0.5) is 16.2 Å². The highest BCUT2D eigenvalue weighted by Gasteiger charge is 2.08. The molecular formula is C17H19N3O3. The Morgan fingerprint density at radius 3 is 2.43 bits per heavy atom. The van der Waals surface area contributed by atoms with Crippen LogP contribution in [0.15, 0.2) is 48.5 Å². The van der Waals surface area contributed by atoms with Crippen LogP contribution < -0.4 is 16.4 Å². The van der Waals surface area contributed by atoms with Crippen LogP contribution in [0.1, 0.15) is 22.8 Å². The van der Waals surface area contributed by atoms with Gasteiger partial charge in [0.15, 0.2) is 0 Å². The lowest BCUT2D eigenvalue weighted by Crippen LogP contribution is -2.23. The van der Waals surface area contributed by atoms with Gasteiger partial charge in [-0.1, -0.05) is 24.3 Å². The Labute approximate surface area is 134 Å². The first kappa shape index (κ1) is 16.4. The number of nitrogens with two attached hydrogens (primary N) is 1. The number of hydrogen-bond donors (Lipinski definition) is 3. The summed E-state index contributed by atoms with van der Waals surface area (Å²) in [6.07, 6.45) is -0.464. The first-order valence-corrected chi connectivity index (χ1v) is 7.25. The highest BCUT2D eigenvalue weighted by molar-refractivity contribution is 6.05. The minimum Gasteiger partial charge on any atom is -0.450 e. The van der Waals surface area contributed by atoms with Crippen molar-refractivity contribution in [2.45, 2.75) is 13.5 Å². The zero-order valence-corrected chi connectivity index (χ0v) is 12.8. The van der Waals surface area contributed by atoms with Crippen molar-refractivity contribution < 1.29 is 14.3 Å². The van der Waals surface area contributed by atoms with E-state index in [0.717, 1.165) is 5.56 Å². The van der Waals surface area contributed by atoms with Crippen LogP contribution in [0.5, 0.6) is 0 Å². The van der Waals surface area contributed by atoms with E-state index < -0.39 is 6.09 Å². The molecule has 6 nitrogen and oxygen atoms in total. The molecule has 0 atom stereocenters. The molecule has 0 radical (unpaired) electrons. The number of para-hydroxylation sites is 2. The van der Waals surface area contributed by atoms with Crippen molar-refractivity contribution in [2.75, 3.05) is 17.7 Å². The molecule has 120 valence electrons. The summed E-state index contributed by atoms with van der Waals surface area (Å²) in [6, 6.07) is 14.0. The Morgan fingerprint density at radius 2 is 1.78 bits per heavy atom. The van der Waals surface area contributed by atoms with Crippen LogP contribution in [-0.4, -0.2) is 18.6 Å². The molecule has 0 aliphatic rings. The molecule has 0 aliphatic carbocycles. The molecule has 2 amide bonds. The van der Waals surface area contributed by atoms with Crippen LogP contribution in [0.3, 0.4) is 0 Å². The lowest BCUT2D eigenvalue weighted by atomic mass is 10.1. The number of carbonyl (C=O) groups excluding carboxylic acids is 2. The number of alkyl carbamates (subject to hydrolysis) is 1. The molecule has 0 aromatic heterocycles. The van der Waals surface area contributed by atoms with Gasteiger partial charge in [0.2, 0.25) is 0 Å². The van der Waals surface area contributed by atoms with Gasteiger partial charge in [-0.15, -0.1) is 0 Å². The average molecular weight is 313 g/mol. The van der Waals surface area contributed by atoms with Crippen molar-refractivity contribution in [2.24, 2.45) is 0 Å².